The molecule has 0 heterocycles. The summed E-state index contributed by atoms with van der Waals surface area (Å²) in [7, 11) is 0. The third-order valence-corrected chi connectivity index (χ3v) is 3.03. The topological polar surface area (TPSA) is 41.1 Å². The zero-order chi connectivity index (χ0) is 15.6. The summed E-state index contributed by atoms with van der Waals surface area (Å²) >= 11 is 0. The number of hydrogen-bond donors (Lipinski definition) is 2. The fraction of sp³-hybridized carbons (Fsp3) is 0.462. The molecule has 2 N–H and O–H groups in total. The lowest BCUT2D eigenvalue weighted by Gasteiger charge is -2.10. The van der Waals surface area contributed by atoms with E-state index in [1.165, 1.54) is 0 Å². The van der Waals surface area contributed by atoms with Gasteiger partial charge in [-0.05, 0) is 19.3 Å². The van der Waals surface area contributed by atoms with Gasteiger partial charge in [-0.3, -0.25) is 4.79 Å². The summed E-state index contributed by atoms with van der Waals surface area (Å²) in [6.45, 7) is -0.0869. The Morgan fingerprint density at radius 3 is 2.00 bits per heavy atom. The number of benzene rings is 1. The molecule has 1 saturated carbocycles. The van der Waals surface area contributed by atoms with Gasteiger partial charge in [-0.2, -0.15) is 0 Å². The largest absolute Gasteiger partial charge is 0.380 e. The first-order chi connectivity index (χ1) is 9.91. The lowest BCUT2D eigenvalue weighted by Crippen LogP contribution is -2.25. The van der Waals surface area contributed by atoms with Gasteiger partial charge in [0.05, 0.1) is 0 Å². The second-order valence-corrected chi connectivity index (χ2v) is 4.82. The molecule has 1 fully saturated rings. The molecular formula is C13H13F5N2O. The maximum absolute atomic E-state index is 13.3. The molecule has 21 heavy (non-hydrogen) atoms. The molecule has 1 aromatic rings. The number of halogens is 5. The van der Waals surface area contributed by atoms with E-state index in [4.69, 9.17) is 0 Å². The van der Waals surface area contributed by atoms with Crippen molar-refractivity contribution in [1.29, 1.82) is 0 Å². The van der Waals surface area contributed by atoms with Gasteiger partial charge < -0.3 is 10.6 Å². The third kappa shape index (κ3) is 3.62. The summed E-state index contributed by atoms with van der Waals surface area (Å²) in [5.41, 5.74) is -1.07. The van der Waals surface area contributed by atoms with Crippen LogP contribution in [0.25, 0.3) is 0 Å². The van der Waals surface area contributed by atoms with Gasteiger partial charge in [-0.25, -0.2) is 22.0 Å². The Balaban J connectivity index is 1.89. The highest BCUT2D eigenvalue weighted by Gasteiger charge is 2.25. The predicted molar refractivity (Wildman–Crippen MR) is 65.1 cm³/mol. The zero-order valence-corrected chi connectivity index (χ0v) is 10.9. The molecule has 116 valence electrons. The zero-order valence-electron chi connectivity index (χ0n) is 10.9. The standard InChI is InChI=1S/C13H13F5N2O/c14-8-9(15)11(17)13(12(18)10(8)16)19-5-1-2-7(21)20-6-3-4-6/h6,19H,1-5H2,(H,20,21). The van der Waals surface area contributed by atoms with Crippen LogP contribution >= 0.6 is 0 Å². The monoisotopic (exact) mass is 308 g/mol. The van der Waals surface area contributed by atoms with Crippen LogP contribution in [0.15, 0.2) is 0 Å². The maximum Gasteiger partial charge on any atom is 0.220 e. The number of nitrogens with one attached hydrogen (secondary N) is 2. The number of hydrogen-bond acceptors (Lipinski definition) is 2. The molecule has 0 saturated heterocycles. The van der Waals surface area contributed by atoms with Crippen LogP contribution in [0.3, 0.4) is 0 Å². The molecule has 8 heteroatoms. The SMILES string of the molecule is O=C(CCCNc1c(F)c(F)c(F)c(F)c1F)NC1CC1. The van der Waals surface area contributed by atoms with Crippen molar-refractivity contribution < 1.29 is 26.7 Å². The minimum Gasteiger partial charge on any atom is -0.380 e. The second kappa shape index (κ2) is 6.28. The second-order valence-electron chi connectivity index (χ2n) is 4.82. The van der Waals surface area contributed by atoms with Crippen molar-refractivity contribution in [1.82, 2.24) is 5.32 Å². The Kier molecular flexibility index (Phi) is 4.64. The number of anilines is 1. The Morgan fingerprint density at radius 2 is 1.48 bits per heavy atom. The highest BCUT2D eigenvalue weighted by Crippen LogP contribution is 2.27. The fourth-order valence-corrected chi connectivity index (χ4v) is 1.75. The molecule has 0 spiro atoms. The summed E-state index contributed by atoms with van der Waals surface area (Å²) in [6.07, 6.45) is 2.19. The molecule has 2 rings (SSSR count). The minimum absolute atomic E-state index is 0.0869. The smallest absolute Gasteiger partial charge is 0.220 e. The van der Waals surface area contributed by atoms with Crippen molar-refractivity contribution >= 4 is 11.6 Å². The van der Waals surface area contributed by atoms with Crippen molar-refractivity contribution in [2.24, 2.45) is 0 Å². The van der Waals surface area contributed by atoms with Crippen molar-refractivity contribution in [2.45, 2.75) is 31.7 Å². The first kappa shape index (κ1) is 15.5. The van der Waals surface area contributed by atoms with E-state index in [1.807, 2.05) is 0 Å². The van der Waals surface area contributed by atoms with Crippen LogP contribution in [0.4, 0.5) is 27.6 Å². The van der Waals surface area contributed by atoms with Crippen LogP contribution in [0.1, 0.15) is 25.7 Å². The van der Waals surface area contributed by atoms with Crippen LogP contribution in [0, 0.1) is 29.1 Å². The van der Waals surface area contributed by atoms with E-state index in [-0.39, 0.29) is 31.3 Å². The molecular weight excluding hydrogens is 295 g/mol. The van der Waals surface area contributed by atoms with Crippen molar-refractivity contribution in [3.63, 3.8) is 0 Å². The molecule has 1 aliphatic rings. The molecule has 0 aliphatic heterocycles. The van der Waals surface area contributed by atoms with Gasteiger partial charge >= 0.3 is 0 Å². The van der Waals surface area contributed by atoms with Gasteiger partial charge in [0.1, 0.15) is 5.69 Å². The van der Waals surface area contributed by atoms with E-state index in [2.05, 4.69) is 10.6 Å². The van der Waals surface area contributed by atoms with Gasteiger partial charge in [0, 0.05) is 19.0 Å². The minimum atomic E-state index is -2.20. The van der Waals surface area contributed by atoms with Gasteiger partial charge in [-0.1, -0.05) is 0 Å². The van der Waals surface area contributed by atoms with E-state index in [0.29, 0.717) is 0 Å². The van der Waals surface area contributed by atoms with E-state index in [0.717, 1.165) is 12.8 Å². The summed E-state index contributed by atoms with van der Waals surface area (Å²) < 4.78 is 65.3. The van der Waals surface area contributed by atoms with Crippen LogP contribution in [-0.4, -0.2) is 18.5 Å². The quantitative estimate of drug-likeness (QED) is 0.367. The average Bonchev–Trinajstić information content (AvgIpc) is 3.26. The maximum atomic E-state index is 13.3. The predicted octanol–water partition coefficient (Wildman–Crippen LogP) is 2.85. The molecule has 1 aliphatic carbocycles. The Bertz CT molecular complexity index is 531. The molecule has 0 aromatic heterocycles. The fourth-order valence-electron chi connectivity index (χ4n) is 1.75. The van der Waals surface area contributed by atoms with Crippen molar-refractivity contribution in [2.75, 3.05) is 11.9 Å². The van der Waals surface area contributed by atoms with E-state index >= 15 is 0 Å². The molecule has 0 atom stereocenters. The molecule has 0 radical (unpaired) electrons. The van der Waals surface area contributed by atoms with Gasteiger partial charge in [0.2, 0.25) is 11.7 Å². The Hall–Kier alpha value is -1.86. The Labute approximate surface area is 117 Å². The Morgan fingerprint density at radius 1 is 0.952 bits per heavy atom. The normalized spacial score (nSPS) is 14.1. The first-order valence-electron chi connectivity index (χ1n) is 6.46. The highest BCUT2D eigenvalue weighted by molar-refractivity contribution is 5.76. The molecule has 0 unspecified atom stereocenters. The van der Waals surface area contributed by atoms with Gasteiger partial charge in [0.25, 0.3) is 0 Å². The number of carbonyl (C=O) groups excluding carboxylic acids is 1. The number of rotatable bonds is 6. The summed E-state index contributed by atoms with van der Waals surface area (Å²) in [5.74, 6) is -10.2. The highest BCUT2D eigenvalue weighted by atomic mass is 19.2. The molecule has 1 aromatic carbocycles. The third-order valence-electron chi connectivity index (χ3n) is 3.03. The van der Waals surface area contributed by atoms with Crippen molar-refractivity contribution in [3.05, 3.63) is 29.1 Å². The van der Waals surface area contributed by atoms with E-state index < -0.39 is 34.8 Å². The van der Waals surface area contributed by atoms with Crippen LogP contribution < -0.4 is 10.6 Å². The van der Waals surface area contributed by atoms with Crippen molar-refractivity contribution in [3.8, 4) is 0 Å². The van der Waals surface area contributed by atoms with Crippen LogP contribution in [0.5, 0.6) is 0 Å². The molecule has 3 nitrogen and oxygen atoms in total. The lowest BCUT2D eigenvalue weighted by molar-refractivity contribution is -0.121. The number of amides is 1. The van der Waals surface area contributed by atoms with Gasteiger partial charge in [0.15, 0.2) is 23.3 Å². The van der Waals surface area contributed by atoms with Crippen LogP contribution in [-0.2, 0) is 4.79 Å². The molecule has 0 bridgehead atoms. The number of carbonyl (C=O) groups is 1. The van der Waals surface area contributed by atoms with Crippen LogP contribution in [0.2, 0.25) is 0 Å². The summed E-state index contributed by atoms with van der Waals surface area (Å²) in [4.78, 5) is 11.3. The average molecular weight is 308 g/mol. The summed E-state index contributed by atoms with van der Waals surface area (Å²) in [5, 5.41) is 4.85. The van der Waals surface area contributed by atoms with E-state index in [1.54, 1.807) is 0 Å². The lowest BCUT2D eigenvalue weighted by atomic mass is 10.2. The van der Waals surface area contributed by atoms with Gasteiger partial charge in [-0.15, -0.1) is 0 Å². The first-order valence-corrected chi connectivity index (χ1v) is 6.46. The molecule has 1 amide bonds. The van der Waals surface area contributed by atoms with E-state index in [9.17, 15) is 26.7 Å². The summed E-state index contributed by atoms with van der Waals surface area (Å²) in [6, 6.07) is 0.209.